The zero-order chi connectivity index (χ0) is 16.9. The molecule has 0 aromatic carbocycles. The van der Waals surface area contributed by atoms with Crippen LogP contribution in [0.1, 0.15) is 32.6 Å². The molecule has 0 bridgehead atoms. The second-order valence-electron chi connectivity index (χ2n) is 7.75. The molecule has 5 heteroatoms. The smallest absolute Gasteiger partial charge is 0.225 e. The first-order valence-corrected chi connectivity index (χ1v) is 9.65. The molecule has 2 saturated heterocycles. The van der Waals surface area contributed by atoms with Crippen molar-refractivity contribution >= 4 is 5.91 Å². The number of piperidine rings is 1. The summed E-state index contributed by atoms with van der Waals surface area (Å²) in [5.41, 5.74) is 0. The molecule has 3 aliphatic rings. The minimum absolute atomic E-state index is 0.294. The van der Waals surface area contributed by atoms with Crippen LogP contribution < -0.4 is 0 Å². The zero-order valence-corrected chi connectivity index (χ0v) is 15.2. The summed E-state index contributed by atoms with van der Waals surface area (Å²) in [4.78, 5) is 19.8. The molecular formula is C19H33N3O2. The van der Waals surface area contributed by atoms with Gasteiger partial charge in [-0.15, -0.1) is 0 Å². The van der Waals surface area contributed by atoms with Crippen LogP contribution >= 0.6 is 0 Å². The van der Waals surface area contributed by atoms with E-state index < -0.39 is 0 Å². The summed E-state index contributed by atoms with van der Waals surface area (Å²) in [6, 6.07) is 0.634. The van der Waals surface area contributed by atoms with Crippen LogP contribution in [-0.4, -0.2) is 79.1 Å². The van der Waals surface area contributed by atoms with Gasteiger partial charge in [-0.05, 0) is 31.6 Å². The Morgan fingerprint density at radius 1 is 1.12 bits per heavy atom. The molecule has 0 N–H and O–H groups in total. The summed E-state index contributed by atoms with van der Waals surface area (Å²) >= 11 is 0. The van der Waals surface area contributed by atoms with Gasteiger partial charge in [0, 0.05) is 57.8 Å². The fraction of sp³-hybridized carbons (Fsp3) is 0.842. The Labute approximate surface area is 146 Å². The van der Waals surface area contributed by atoms with Crippen molar-refractivity contribution in [3.05, 3.63) is 12.8 Å². The van der Waals surface area contributed by atoms with Crippen molar-refractivity contribution in [2.45, 2.75) is 38.6 Å². The van der Waals surface area contributed by atoms with Gasteiger partial charge in [0.15, 0.2) is 0 Å². The van der Waals surface area contributed by atoms with Gasteiger partial charge in [0.05, 0.1) is 12.9 Å². The molecule has 5 nitrogen and oxygen atoms in total. The van der Waals surface area contributed by atoms with Gasteiger partial charge in [-0.2, -0.15) is 0 Å². The first-order chi connectivity index (χ1) is 11.7. The molecule has 0 unspecified atom stereocenters. The number of carbonyl (C=O) groups excluding carboxylic acids is 1. The van der Waals surface area contributed by atoms with Gasteiger partial charge in [0.25, 0.3) is 0 Å². The molecule has 0 aromatic heterocycles. The minimum Gasteiger partial charge on any atom is -0.500 e. The number of amides is 1. The van der Waals surface area contributed by atoms with E-state index in [-0.39, 0.29) is 0 Å². The Hall–Kier alpha value is -1.07. The van der Waals surface area contributed by atoms with Crippen LogP contribution in [0.2, 0.25) is 0 Å². The molecular weight excluding hydrogens is 302 g/mol. The van der Waals surface area contributed by atoms with Crippen molar-refractivity contribution in [2.75, 3.05) is 52.4 Å². The third-order valence-corrected chi connectivity index (χ3v) is 6.12. The van der Waals surface area contributed by atoms with E-state index in [1.807, 2.05) is 0 Å². The second-order valence-corrected chi connectivity index (χ2v) is 7.75. The van der Waals surface area contributed by atoms with E-state index in [0.29, 0.717) is 17.9 Å². The minimum atomic E-state index is 0.294. The van der Waals surface area contributed by atoms with Gasteiger partial charge in [-0.3, -0.25) is 14.6 Å². The Bertz CT molecular complexity index is 420. The van der Waals surface area contributed by atoms with E-state index >= 15 is 0 Å². The first kappa shape index (κ1) is 17.7. The lowest BCUT2D eigenvalue weighted by Crippen LogP contribution is -2.56. The van der Waals surface area contributed by atoms with E-state index in [1.165, 1.54) is 19.1 Å². The normalized spacial score (nSPS) is 30.0. The van der Waals surface area contributed by atoms with Crippen molar-refractivity contribution in [1.82, 2.24) is 14.7 Å². The van der Waals surface area contributed by atoms with E-state index in [4.69, 9.17) is 4.74 Å². The van der Waals surface area contributed by atoms with Crippen molar-refractivity contribution in [3.63, 3.8) is 0 Å². The van der Waals surface area contributed by atoms with Gasteiger partial charge in [-0.25, -0.2) is 0 Å². The standard InChI is InChI=1S/C19H33N3O2/c1-3-24-13-12-20-8-10-21(11-9-20)18-14-17(15-18)19(23)22-6-4-16(2)5-7-22/h3,16-18H,1,4-15H2,2H3. The van der Waals surface area contributed by atoms with Crippen molar-refractivity contribution in [2.24, 2.45) is 11.8 Å². The number of carbonyl (C=O) groups is 1. The van der Waals surface area contributed by atoms with Crippen LogP contribution in [-0.2, 0) is 9.53 Å². The van der Waals surface area contributed by atoms with Gasteiger partial charge in [0.2, 0.25) is 5.91 Å². The molecule has 3 fully saturated rings. The van der Waals surface area contributed by atoms with E-state index in [2.05, 4.69) is 28.2 Å². The Kier molecular flexibility index (Phi) is 6.17. The zero-order valence-electron chi connectivity index (χ0n) is 15.2. The van der Waals surface area contributed by atoms with Gasteiger partial charge in [0.1, 0.15) is 0 Å². The number of rotatable bonds is 6. The van der Waals surface area contributed by atoms with Crippen LogP contribution in [0.15, 0.2) is 12.8 Å². The monoisotopic (exact) mass is 335 g/mol. The van der Waals surface area contributed by atoms with Crippen LogP contribution in [0.25, 0.3) is 0 Å². The lowest BCUT2D eigenvalue weighted by atomic mass is 9.77. The number of hydrogen-bond acceptors (Lipinski definition) is 4. The number of hydrogen-bond donors (Lipinski definition) is 0. The Morgan fingerprint density at radius 3 is 2.42 bits per heavy atom. The molecule has 3 rings (SSSR count). The molecule has 1 amide bonds. The molecule has 0 atom stereocenters. The highest BCUT2D eigenvalue weighted by molar-refractivity contribution is 5.80. The van der Waals surface area contributed by atoms with Crippen molar-refractivity contribution < 1.29 is 9.53 Å². The van der Waals surface area contributed by atoms with Crippen LogP contribution in [0, 0.1) is 11.8 Å². The fourth-order valence-electron chi connectivity index (χ4n) is 4.19. The predicted molar refractivity (Wildman–Crippen MR) is 95.7 cm³/mol. The number of piperazine rings is 1. The number of nitrogens with zero attached hydrogens (tertiary/aromatic N) is 3. The Balaban J connectivity index is 1.34. The average Bonchev–Trinajstić information content (AvgIpc) is 2.56. The maximum Gasteiger partial charge on any atom is 0.225 e. The van der Waals surface area contributed by atoms with Gasteiger partial charge >= 0.3 is 0 Å². The van der Waals surface area contributed by atoms with E-state index in [0.717, 1.165) is 71.2 Å². The molecule has 0 radical (unpaired) electrons. The third-order valence-electron chi connectivity index (χ3n) is 6.12. The molecule has 0 aromatic rings. The molecule has 136 valence electrons. The summed E-state index contributed by atoms with van der Waals surface area (Å²) in [7, 11) is 0. The lowest BCUT2D eigenvalue weighted by Gasteiger charge is -2.47. The SMILES string of the molecule is C=COCCN1CCN(C2CC(C(=O)N3CCC(C)CC3)C2)CC1. The van der Waals surface area contributed by atoms with E-state index in [1.54, 1.807) is 0 Å². The molecule has 2 aliphatic heterocycles. The highest BCUT2D eigenvalue weighted by Crippen LogP contribution is 2.34. The predicted octanol–water partition coefficient (Wildman–Crippen LogP) is 1.80. The first-order valence-electron chi connectivity index (χ1n) is 9.65. The average molecular weight is 335 g/mol. The van der Waals surface area contributed by atoms with Crippen LogP contribution in [0.4, 0.5) is 0 Å². The quantitative estimate of drug-likeness (QED) is 0.548. The summed E-state index contributed by atoms with van der Waals surface area (Å²) in [5.74, 6) is 1.51. The van der Waals surface area contributed by atoms with Crippen LogP contribution in [0.5, 0.6) is 0 Å². The maximum absolute atomic E-state index is 12.6. The molecule has 1 saturated carbocycles. The maximum atomic E-state index is 12.6. The molecule has 1 aliphatic carbocycles. The van der Waals surface area contributed by atoms with Crippen LogP contribution in [0.3, 0.4) is 0 Å². The lowest BCUT2D eigenvalue weighted by molar-refractivity contribution is -0.142. The third kappa shape index (κ3) is 4.31. The van der Waals surface area contributed by atoms with Gasteiger partial charge in [-0.1, -0.05) is 13.5 Å². The van der Waals surface area contributed by atoms with Crippen molar-refractivity contribution in [3.8, 4) is 0 Å². The summed E-state index contributed by atoms with van der Waals surface area (Å²) in [6.45, 7) is 14.0. The second kappa shape index (κ2) is 8.34. The number of ether oxygens (including phenoxy) is 1. The highest BCUT2D eigenvalue weighted by Gasteiger charge is 2.40. The fourth-order valence-corrected chi connectivity index (χ4v) is 4.19. The van der Waals surface area contributed by atoms with Gasteiger partial charge < -0.3 is 9.64 Å². The highest BCUT2D eigenvalue weighted by atomic mass is 16.5. The van der Waals surface area contributed by atoms with E-state index in [9.17, 15) is 4.79 Å². The molecule has 2 heterocycles. The number of likely N-dealkylation sites (tertiary alicyclic amines) is 1. The molecule has 24 heavy (non-hydrogen) atoms. The van der Waals surface area contributed by atoms with Crippen molar-refractivity contribution in [1.29, 1.82) is 0 Å². The largest absolute Gasteiger partial charge is 0.500 e. The molecule has 0 spiro atoms. The topological polar surface area (TPSA) is 36.0 Å². The summed E-state index contributed by atoms with van der Waals surface area (Å²) in [6.07, 6.45) is 6.03. The Morgan fingerprint density at radius 2 is 1.79 bits per heavy atom. The summed E-state index contributed by atoms with van der Waals surface area (Å²) < 4.78 is 5.21. The summed E-state index contributed by atoms with van der Waals surface area (Å²) in [5, 5.41) is 0.